The summed E-state index contributed by atoms with van der Waals surface area (Å²) >= 11 is 8.11. The zero-order chi connectivity index (χ0) is 22.2. The van der Waals surface area contributed by atoms with E-state index in [4.69, 9.17) is 21.2 Å². The van der Waals surface area contributed by atoms with Crippen molar-refractivity contribution >= 4 is 22.9 Å². The molecule has 4 heterocycles. The van der Waals surface area contributed by atoms with Crippen LogP contribution in [0.25, 0.3) is 39.1 Å². The lowest BCUT2D eigenvalue weighted by molar-refractivity contribution is -0.672. The second kappa shape index (κ2) is 8.20. The number of rotatable bonds is 5. The highest BCUT2D eigenvalue weighted by Crippen LogP contribution is 2.32. The molecular weight excluding hydrogens is 454 g/mol. The number of thiophene rings is 1. The topological polar surface area (TPSA) is 52.7 Å². The summed E-state index contributed by atoms with van der Waals surface area (Å²) in [5.74, 6) is 0.622. The fraction of sp³-hybridized carbons (Fsp3) is 0. The van der Waals surface area contributed by atoms with Gasteiger partial charge in [0.2, 0.25) is 5.69 Å². The Hall–Kier alpha value is -3.94. The highest BCUT2D eigenvalue weighted by atomic mass is 35.5. The predicted octanol–water partition coefficient (Wildman–Crippen LogP) is 5.98. The van der Waals surface area contributed by atoms with Gasteiger partial charge in [-0.3, -0.25) is 4.57 Å². The molecule has 8 heteroatoms. The van der Waals surface area contributed by atoms with Crippen molar-refractivity contribution in [2.24, 2.45) is 0 Å². The van der Waals surface area contributed by atoms with Gasteiger partial charge >= 0.3 is 5.88 Å². The van der Waals surface area contributed by atoms with E-state index >= 15 is 0 Å². The van der Waals surface area contributed by atoms with Crippen LogP contribution >= 0.6 is 22.9 Å². The molecule has 6 nitrogen and oxygen atoms in total. The molecule has 0 aliphatic heterocycles. The molecule has 4 aromatic heterocycles. The second-order valence-corrected chi connectivity index (χ2v) is 8.72. The zero-order valence-corrected chi connectivity index (χ0v) is 18.8. The van der Waals surface area contributed by atoms with Crippen LogP contribution in [0.1, 0.15) is 0 Å². The summed E-state index contributed by atoms with van der Waals surface area (Å²) in [6.45, 7) is 0. The molecule has 0 bridgehead atoms. The third-order valence-corrected chi connectivity index (χ3v) is 6.38. The van der Waals surface area contributed by atoms with Gasteiger partial charge in [-0.05, 0) is 35.7 Å². The average molecular weight is 471 g/mol. The summed E-state index contributed by atoms with van der Waals surface area (Å²) in [6.07, 6.45) is 7.42. The third-order valence-electron chi connectivity index (χ3n) is 5.27. The Morgan fingerprint density at radius 2 is 1.88 bits per heavy atom. The van der Waals surface area contributed by atoms with Gasteiger partial charge in [0.05, 0.1) is 17.5 Å². The summed E-state index contributed by atoms with van der Waals surface area (Å²) in [5.41, 5.74) is 4.48. The first kappa shape index (κ1) is 19.7. The Bertz CT molecular complexity index is 1520. The van der Waals surface area contributed by atoms with Crippen molar-refractivity contribution in [1.29, 1.82) is 0 Å². The number of aromatic nitrogens is 5. The van der Waals surface area contributed by atoms with E-state index in [1.165, 1.54) is 0 Å². The largest absolute Gasteiger partial charge is 0.429 e. The van der Waals surface area contributed by atoms with Gasteiger partial charge in [0.1, 0.15) is 16.5 Å². The van der Waals surface area contributed by atoms with Crippen molar-refractivity contribution in [3.8, 4) is 39.1 Å². The maximum Gasteiger partial charge on any atom is 0.315 e. The van der Waals surface area contributed by atoms with Crippen LogP contribution in [0.2, 0.25) is 5.02 Å². The van der Waals surface area contributed by atoms with Crippen LogP contribution in [0.5, 0.6) is 0 Å². The molecule has 0 saturated carbocycles. The zero-order valence-electron chi connectivity index (χ0n) is 17.2. The van der Waals surface area contributed by atoms with E-state index in [0.29, 0.717) is 10.9 Å². The Labute approximate surface area is 198 Å². The molecule has 0 N–H and O–H groups in total. The van der Waals surface area contributed by atoms with Gasteiger partial charge in [-0.15, -0.1) is 11.3 Å². The lowest BCUT2D eigenvalue weighted by atomic mass is 10.1. The summed E-state index contributed by atoms with van der Waals surface area (Å²) in [7, 11) is 0. The van der Waals surface area contributed by atoms with Crippen LogP contribution in [-0.2, 0) is 0 Å². The van der Waals surface area contributed by atoms with Crippen LogP contribution in [0, 0.1) is 0 Å². The number of hydrogen-bond donors (Lipinski definition) is 0. The predicted molar refractivity (Wildman–Crippen MR) is 128 cm³/mol. The summed E-state index contributed by atoms with van der Waals surface area (Å²) in [4.78, 5) is 4.68. The maximum absolute atomic E-state index is 6.45. The van der Waals surface area contributed by atoms with Gasteiger partial charge in [0.15, 0.2) is 11.9 Å². The monoisotopic (exact) mass is 470 g/mol. The van der Waals surface area contributed by atoms with Gasteiger partial charge in [-0.1, -0.05) is 51.3 Å². The molecule has 0 aliphatic rings. The van der Waals surface area contributed by atoms with Gasteiger partial charge < -0.3 is 4.42 Å². The number of furan rings is 1. The van der Waals surface area contributed by atoms with Crippen LogP contribution in [0.4, 0.5) is 0 Å². The summed E-state index contributed by atoms with van der Waals surface area (Å²) in [5, 5.41) is 8.60. The molecule has 160 valence electrons. The number of benzene rings is 2. The van der Waals surface area contributed by atoms with Gasteiger partial charge in [-0.25, -0.2) is 4.98 Å². The van der Waals surface area contributed by atoms with Gasteiger partial charge in [0, 0.05) is 28.9 Å². The molecule has 0 unspecified atom stereocenters. The molecule has 0 fully saturated rings. The fourth-order valence-corrected chi connectivity index (χ4v) is 4.57. The van der Waals surface area contributed by atoms with E-state index in [2.05, 4.69) is 23.2 Å². The van der Waals surface area contributed by atoms with Gasteiger partial charge in [-0.2, -0.15) is 0 Å². The van der Waals surface area contributed by atoms with Crippen molar-refractivity contribution in [3.05, 3.63) is 108 Å². The molecular formula is C25H17ClN5OS+. The van der Waals surface area contributed by atoms with Crippen molar-refractivity contribution in [2.75, 3.05) is 0 Å². The number of imidazole rings is 1. The van der Waals surface area contributed by atoms with E-state index in [0.717, 1.165) is 33.2 Å². The standard InChI is InChI=1S/C25H17ClN5OS/c26-19-10-11-20(21-15-29(17-27-21)25-9-5-13-33-25)22(14-19)31-23(18-6-2-1-3-7-18)16-30(28-31)24-8-4-12-32-24/h1-17H/q+1. The molecule has 0 atom stereocenters. The minimum Gasteiger partial charge on any atom is -0.429 e. The molecule has 6 rings (SSSR count). The molecule has 0 saturated heterocycles. The third kappa shape index (κ3) is 3.67. The second-order valence-electron chi connectivity index (χ2n) is 7.36. The Morgan fingerprint density at radius 3 is 2.67 bits per heavy atom. The molecule has 0 aliphatic carbocycles. The Morgan fingerprint density at radius 1 is 0.970 bits per heavy atom. The fourth-order valence-electron chi connectivity index (χ4n) is 3.73. The van der Waals surface area contributed by atoms with E-state index < -0.39 is 0 Å². The molecule has 6 aromatic rings. The Balaban J connectivity index is 1.55. The first-order chi connectivity index (χ1) is 16.3. The van der Waals surface area contributed by atoms with E-state index in [9.17, 15) is 0 Å². The maximum atomic E-state index is 6.45. The smallest absolute Gasteiger partial charge is 0.315 e. The minimum absolute atomic E-state index is 0.616. The summed E-state index contributed by atoms with van der Waals surface area (Å²) < 4.78 is 11.2. The van der Waals surface area contributed by atoms with Crippen LogP contribution < -0.4 is 4.68 Å². The SMILES string of the molecule is Clc1ccc(-c2cn(-c3cccs3)cn2)c(-n2n[n+](-c3ccco3)cc2-c2ccccc2)c1. The van der Waals surface area contributed by atoms with Crippen LogP contribution in [0.15, 0.2) is 108 Å². The molecule has 33 heavy (non-hydrogen) atoms. The van der Waals surface area contributed by atoms with E-state index in [1.807, 2.05) is 87.9 Å². The highest BCUT2D eigenvalue weighted by molar-refractivity contribution is 7.12. The van der Waals surface area contributed by atoms with Gasteiger partial charge in [0.25, 0.3) is 0 Å². The van der Waals surface area contributed by atoms with Crippen molar-refractivity contribution in [1.82, 2.24) is 19.4 Å². The molecule has 2 aromatic carbocycles. The minimum atomic E-state index is 0.616. The van der Waals surface area contributed by atoms with Crippen molar-refractivity contribution < 1.29 is 9.10 Å². The van der Waals surface area contributed by atoms with E-state index in [1.54, 1.807) is 22.3 Å². The average Bonchev–Trinajstić information content (AvgIpc) is 3.65. The molecule has 0 amide bonds. The normalized spacial score (nSPS) is 11.2. The molecule has 0 spiro atoms. The number of hydrogen-bond acceptors (Lipinski definition) is 4. The number of nitrogens with zero attached hydrogens (tertiary/aromatic N) is 5. The molecule has 0 radical (unpaired) electrons. The van der Waals surface area contributed by atoms with Crippen LogP contribution in [-0.4, -0.2) is 19.4 Å². The Kier molecular flexibility index (Phi) is 4.90. The first-order valence-corrected chi connectivity index (χ1v) is 11.5. The summed E-state index contributed by atoms with van der Waals surface area (Å²) in [6, 6.07) is 23.7. The lowest BCUT2D eigenvalue weighted by Gasteiger charge is -2.05. The number of halogens is 1. The van der Waals surface area contributed by atoms with Crippen LogP contribution in [0.3, 0.4) is 0 Å². The highest BCUT2D eigenvalue weighted by Gasteiger charge is 2.25. The quantitative estimate of drug-likeness (QED) is 0.291. The van der Waals surface area contributed by atoms with Crippen molar-refractivity contribution in [3.63, 3.8) is 0 Å². The first-order valence-electron chi connectivity index (χ1n) is 10.3. The van der Waals surface area contributed by atoms with E-state index in [-0.39, 0.29) is 0 Å². The lowest BCUT2D eigenvalue weighted by Crippen LogP contribution is -2.32. The van der Waals surface area contributed by atoms with Crippen molar-refractivity contribution in [2.45, 2.75) is 0 Å².